The molecule has 1 aromatic heterocycles. The van der Waals surface area contributed by atoms with Crippen molar-refractivity contribution in [3.63, 3.8) is 0 Å². The number of benzene rings is 1. The van der Waals surface area contributed by atoms with E-state index in [0.29, 0.717) is 19.8 Å². The lowest BCUT2D eigenvalue weighted by Crippen LogP contribution is -2.00. The zero-order chi connectivity index (χ0) is 12.8. The summed E-state index contributed by atoms with van der Waals surface area (Å²) < 4.78 is 11.2. The smallest absolute Gasteiger partial charge is 0.161 e. The van der Waals surface area contributed by atoms with Gasteiger partial charge in [0.15, 0.2) is 11.5 Å². The Morgan fingerprint density at radius 1 is 1.22 bits per heavy atom. The van der Waals surface area contributed by atoms with Crippen molar-refractivity contribution in [2.45, 2.75) is 20.1 Å². The van der Waals surface area contributed by atoms with E-state index in [1.807, 2.05) is 36.6 Å². The predicted molar refractivity (Wildman–Crippen MR) is 71.9 cm³/mol. The van der Waals surface area contributed by atoms with Crippen LogP contribution in [0.15, 0.2) is 29.6 Å². The first-order valence-corrected chi connectivity index (χ1v) is 6.69. The molecule has 0 saturated heterocycles. The van der Waals surface area contributed by atoms with Gasteiger partial charge in [0.25, 0.3) is 0 Å². The van der Waals surface area contributed by atoms with E-state index in [-0.39, 0.29) is 0 Å². The summed E-state index contributed by atoms with van der Waals surface area (Å²) in [6.07, 6.45) is 0. The Morgan fingerprint density at radius 2 is 1.94 bits per heavy atom. The molecule has 0 bridgehead atoms. The van der Waals surface area contributed by atoms with Gasteiger partial charge in [-0.25, -0.2) is 4.98 Å². The highest BCUT2D eigenvalue weighted by molar-refractivity contribution is 7.09. The van der Waals surface area contributed by atoms with Crippen LogP contribution >= 0.6 is 11.3 Å². The van der Waals surface area contributed by atoms with Crippen LogP contribution in [-0.4, -0.2) is 11.6 Å². The summed E-state index contributed by atoms with van der Waals surface area (Å²) in [5.41, 5.74) is 6.42. The van der Waals surface area contributed by atoms with Crippen molar-refractivity contribution in [1.29, 1.82) is 0 Å². The Morgan fingerprint density at radius 3 is 2.56 bits per heavy atom. The van der Waals surface area contributed by atoms with Crippen molar-refractivity contribution in [3.05, 3.63) is 40.3 Å². The molecule has 1 aromatic carbocycles. The molecule has 0 spiro atoms. The molecule has 5 heteroatoms. The zero-order valence-electron chi connectivity index (χ0n) is 10.3. The van der Waals surface area contributed by atoms with Gasteiger partial charge in [0.1, 0.15) is 11.6 Å². The molecule has 0 aliphatic carbocycles. The summed E-state index contributed by atoms with van der Waals surface area (Å²) in [4.78, 5) is 4.35. The summed E-state index contributed by atoms with van der Waals surface area (Å²) in [6, 6.07) is 7.63. The normalized spacial score (nSPS) is 10.3. The second kappa shape index (κ2) is 6.37. The van der Waals surface area contributed by atoms with E-state index in [4.69, 9.17) is 15.2 Å². The number of para-hydroxylation sites is 2. The molecule has 4 nitrogen and oxygen atoms in total. The molecule has 1 heterocycles. The van der Waals surface area contributed by atoms with Gasteiger partial charge < -0.3 is 15.2 Å². The van der Waals surface area contributed by atoms with E-state index in [0.717, 1.165) is 22.2 Å². The first kappa shape index (κ1) is 12.9. The first-order valence-electron chi connectivity index (χ1n) is 5.81. The minimum atomic E-state index is 0.431. The van der Waals surface area contributed by atoms with Crippen LogP contribution in [0.25, 0.3) is 0 Å². The number of nitrogens with zero attached hydrogens (tertiary/aromatic N) is 1. The first-order chi connectivity index (χ1) is 8.83. The lowest BCUT2D eigenvalue weighted by atomic mass is 10.3. The maximum absolute atomic E-state index is 5.71. The SMILES string of the molecule is CCOc1ccccc1OCc1csc(CN)n1. The van der Waals surface area contributed by atoms with Gasteiger partial charge in [-0.3, -0.25) is 0 Å². The van der Waals surface area contributed by atoms with Gasteiger partial charge in [-0.15, -0.1) is 11.3 Å². The molecule has 0 aliphatic heterocycles. The van der Waals surface area contributed by atoms with Crippen molar-refractivity contribution >= 4 is 11.3 Å². The minimum absolute atomic E-state index is 0.431. The highest BCUT2D eigenvalue weighted by Gasteiger charge is 2.05. The van der Waals surface area contributed by atoms with E-state index in [2.05, 4.69) is 4.98 Å². The molecule has 2 aromatic rings. The van der Waals surface area contributed by atoms with Gasteiger partial charge in [0.2, 0.25) is 0 Å². The van der Waals surface area contributed by atoms with Crippen LogP contribution < -0.4 is 15.2 Å². The zero-order valence-corrected chi connectivity index (χ0v) is 11.1. The Balaban J connectivity index is 2.01. The Kier molecular flexibility index (Phi) is 4.55. The van der Waals surface area contributed by atoms with Gasteiger partial charge in [0.05, 0.1) is 12.3 Å². The monoisotopic (exact) mass is 264 g/mol. The fraction of sp³-hybridized carbons (Fsp3) is 0.308. The van der Waals surface area contributed by atoms with Crippen LogP contribution in [-0.2, 0) is 13.2 Å². The molecule has 96 valence electrons. The van der Waals surface area contributed by atoms with Gasteiger partial charge in [-0.05, 0) is 19.1 Å². The number of hydrogen-bond acceptors (Lipinski definition) is 5. The number of ether oxygens (including phenoxy) is 2. The van der Waals surface area contributed by atoms with Crippen molar-refractivity contribution in [1.82, 2.24) is 4.98 Å². The quantitative estimate of drug-likeness (QED) is 0.871. The summed E-state index contributed by atoms with van der Waals surface area (Å²) >= 11 is 1.55. The molecule has 0 unspecified atom stereocenters. The van der Waals surface area contributed by atoms with Crippen molar-refractivity contribution < 1.29 is 9.47 Å². The molecule has 2 rings (SSSR count). The van der Waals surface area contributed by atoms with E-state index in [1.54, 1.807) is 11.3 Å². The summed E-state index contributed by atoms with van der Waals surface area (Å²) in [5.74, 6) is 1.50. The molecule has 18 heavy (non-hydrogen) atoms. The fourth-order valence-electron chi connectivity index (χ4n) is 1.50. The molecular weight excluding hydrogens is 248 g/mol. The van der Waals surface area contributed by atoms with Gasteiger partial charge >= 0.3 is 0 Å². The lowest BCUT2D eigenvalue weighted by Gasteiger charge is -2.10. The molecule has 2 N–H and O–H groups in total. The van der Waals surface area contributed by atoms with Gasteiger partial charge in [0, 0.05) is 11.9 Å². The van der Waals surface area contributed by atoms with E-state index >= 15 is 0 Å². The molecule has 0 amide bonds. The van der Waals surface area contributed by atoms with Crippen LogP contribution in [0.3, 0.4) is 0 Å². The maximum atomic E-state index is 5.71. The van der Waals surface area contributed by atoms with E-state index in [9.17, 15) is 0 Å². The third-order valence-corrected chi connectivity index (χ3v) is 3.22. The Bertz CT molecular complexity index is 499. The van der Waals surface area contributed by atoms with E-state index < -0.39 is 0 Å². The number of hydrogen-bond donors (Lipinski definition) is 1. The van der Waals surface area contributed by atoms with Gasteiger partial charge in [-0.2, -0.15) is 0 Å². The average molecular weight is 264 g/mol. The second-order valence-corrected chi connectivity index (χ2v) is 4.55. The van der Waals surface area contributed by atoms with E-state index in [1.165, 1.54) is 0 Å². The van der Waals surface area contributed by atoms with Crippen molar-refractivity contribution in [2.24, 2.45) is 5.73 Å². The molecule has 0 radical (unpaired) electrons. The summed E-state index contributed by atoms with van der Waals surface area (Å²) in [7, 11) is 0. The van der Waals surface area contributed by atoms with Crippen LogP contribution in [0.5, 0.6) is 11.5 Å². The largest absolute Gasteiger partial charge is 0.490 e. The predicted octanol–water partition coefficient (Wildman–Crippen LogP) is 2.58. The van der Waals surface area contributed by atoms with Crippen molar-refractivity contribution in [2.75, 3.05) is 6.61 Å². The second-order valence-electron chi connectivity index (χ2n) is 3.61. The molecule has 0 aliphatic rings. The molecular formula is C13H16N2O2S. The molecule has 0 atom stereocenters. The average Bonchev–Trinajstić information content (AvgIpc) is 2.86. The highest BCUT2D eigenvalue weighted by Crippen LogP contribution is 2.27. The summed E-state index contributed by atoms with van der Waals surface area (Å²) in [6.45, 7) is 3.47. The van der Waals surface area contributed by atoms with Gasteiger partial charge in [-0.1, -0.05) is 12.1 Å². The minimum Gasteiger partial charge on any atom is -0.490 e. The summed E-state index contributed by atoms with van der Waals surface area (Å²) in [5, 5.41) is 2.89. The molecule has 0 fully saturated rings. The fourth-order valence-corrected chi connectivity index (χ4v) is 2.16. The molecule has 0 saturated carbocycles. The maximum Gasteiger partial charge on any atom is 0.161 e. The third kappa shape index (κ3) is 3.21. The number of rotatable bonds is 6. The van der Waals surface area contributed by atoms with Crippen LogP contribution in [0, 0.1) is 0 Å². The third-order valence-electron chi connectivity index (χ3n) is 2.30. The van der Waals surface area contributed by atoms with Crippen LogP contribution in [0.4, 0.5) is 0 Å². The standard InChI is InChI=1S/C13H16N2O2S/c1-2-16-11-5-3-4-6-12(11)17-8-10-9-18-13(7-14)15-10/h3-6,9H,2,7-8,14H2,1H3. The van der Waals surface area contributed by atoms with Crippen LogP contribution in [0.1, 0.15) is 17.6 Å². The lowest BCUT2D eigenvalue weighted by molar-refractivity contribution is 0.267. The Hall–Kier alpha value is -1.59. The highest BCUT2D eigenvalue weighted by atomic mass is 32.1. The number of thiazole rings is 1. The number of aromatic nitrogens is 1. The van der Waals surface area contributed by atoms with Crippen LogP contribution in [0.2, 0.25) is 0 Å². The van der Waals surface area contributed by atoms with Crippen molar-refractivity contribution in [3.8, 4) is 11.5 Å². The topological polar surface area (TPSA) is 57.4 Å². The number of nitrogens with two attached hydrogens (primary N) is 1. The Labute approximate surface area is 110 Å².